The molecule has 2 aliphatic carbocycles. The summed E-state index contributed by atoms with van der Waals surface area (Å²) < 4.78 is 19.1. The Morgan fingerprint density at radius 1 is 1.15 bits per heavy atom. The molecule has 1 heterocycles. The lowest BCUT2D eigenvalue weighted by Gasteiger charge is -2.15. The van der Waals surface area contributed by atoms with Gasteiger partial charge in [-0.25, -0.2) is 9.18 Å². The van der Waals surface area contributed by atoms with Crippen molar-refractivity contribution < 1.29 is 13.9 Å². The average Bonchev–Trinajstić information content (AvgIpc) is 2.94. The molecule has 2 amide bonds. The Bertz CT molecular complexity index is 926. The summed E-state index contributed by atoms with van der Waals surface area (Å²) in [6.45, 7) is 4.57. The summed E-state index contributed by atoms with van der Waals surface area (Å²) in [5.74, 6) is 1.44. The minimum Gasteiger partial charge on any atom is -0.490 e. The first-order valence-electron chi connectivity index (χ1n) is 9.11. The van der Waals surface area contributed by atoms with Crippen LogP contribution in [0, 0.1) is 25.6 Å². The van der Waals surface area contributed by atoms with Crippen LogP contribution in [0.15, 0.2) is 30.3 Å². The fourth-order valence-corrected chi connectivity index (χ4v) is 4.58. The van der Waals surface area contributed by atoms with E-state index >= 15 is 0 Å². The van der Waals surface area contributed by atoms with Gasteiger partial charge >= 0.3 is 6.03 Å². The van der Waals surface area contributed by atoms with Crippen molar-refractivity contribution in [2.75, 3.05) is 6.61 Å². The van der Waals surface area contributed by atoms with Crippen LogP contribution in [0.2, 0.25) is 0 Å². The number of amides is 2. The number of aryl methyl sites for hydroxylation is 1. The molecule has 1 fully saturated rings. The third-order valence-electron chi connectivity index (χ3n) is 6.17. The molecule has 0 radical (unpaired) electrons. The van der Waals surface area contributed by atoms with Gasteiger partial charge in [0.15, 0.2) is 0 Å². The molecule has 5 heteroatoms. The first-order valence-corrected chi connectivity index (χ1v) is 9.11. The van der Waals surface area contributed by atoms with E-state index in [1.807, 2.05) is 19.1 Å². The van der Waals surface area contributed by atoms with Gasteiger partial charge in [0.05, 0.1) is 6.04 Å². The number of hydrogen-bond donors (Lipinski definition) is 2. The van der Waals surface area contributed by atoms with Gasteiger partial charge in [-0.1, -0.05) is 18.2 Å². The number of hydrogen-bond acceptors (Lipinski definition) is 2. The fraction of sp³-hybridized carbons (Fsp3) is 0.381. The van der Waals surface area contributed by atoms with E-state index < -0.39 is 0 Å². The Kier molecular flexibility index (Phi) is 3.30. The summed E-state index contributed by atoms with van der Waals surface area (Å²) >= 11 is 0. The molecule has 4 atom stereocenters. The number of urea groups is 1. The van der Waals surface area contributed by atoms with Crippen molar-refractivity contribution in [3.63, 3.8) is 0 Å². The maximum Gasteiger partial charge on any atom is 0.315 e. The summed E-state index contributed by atoms with van der Waals surface area (Å²) in [6, 6.07) is 8.96. The van der Waals surface area contributed by atoms with Gasteiger partial charge in [-0.2, -0.15) is 0 Å². The number of carbonyl (C=O) groups is 1. The van der Waals surface area contributed by atoms with Crippen LogP contribution in [-0.2, 0) is 6.42 Å². The molecule has 0 saturated heterocycles. The Morgan fingerprint density at radius 2 is 1.96 bits per heavy atom. The number of benzene rings is 2. The lowest BCUT2D eigenvalue weighted by Crippen LogP contribution is -2.40. The van der Waals surface area contributed by atoms with Crippen LogP contribution in [0.5, 0.6) is 5.75 Å². The molecule has 1 saturated carbocycles. The van der Waals surface area contributed by atoms with Crippen LogP contribution < -0.4 is 15.4 Å². The van der Waals surface area contributed by atoms with E-state index in [0.717, 1.165) is 28.9 Å². The van der Waals surface area contributed by atoms with Gasteiger partial charge in [0.1, 0.15) is 18.2 Å². The molecule has 2 aromatic carbocycles. The summed E-state index contributed by atoms with van der Waals surface area (Å²) in [5.41, 5.74) is 5.63. The van der Waals surface area contributed by atoms with Gasteiger partial charge in [0.25, 0.3) is 0 Å². The van der Waals surface area contributed by atoms with E-state index in [2.05, 4.69) is 23.6 Å². The predicted octanol–water partition coefficient (Wildman–Crippen LogP) is 3.51. The van der Waals surface area contributed by atoms with Gasteiger partial charge in [-0.15, -0.1) is 0 Å². The Labute approximate surface area is 151 Å². The molecule has 26 heavy (non-hydrogen) atoms. The van der Waals surface area contributed by atoms with E-state index in [1.165, 1.54) is 17.2 Å². The molecule has 4 unspecified atom stereocenters. The van der Waals surface area contributed by atoms with Crippen LogP contribution in [0.25, 0.3) is 0 Å². The first kappa shape index (κ1) is 15.7. The van der Waals surface area contributed by atoms with Crippen molar-refractivity contribution in [1.82, 2.24) is 10.6 Å². The second-order valence-electron chi connectivity index (χ2n) is 7.67. The summed E-state index contributed by atoms with van der Waals surface area (Å²) in [7, 11) is 0. The van der Waals surface area contributed by atoms with E-state index in [1.54, 1.807) is 6.07 Å². The van der Waals surface area contributed by atoms with Crippen molar-refractivity contribution >= 4 is 6.03 Å². The molecule has 3 aliphatic rings. The van der Waals surface area contributed by atoms with Crippen molar-refractivity contribution in [2.45, 2.75) is 38.3 Å². The first-order chi connectivity index (χ1) is 12.5. The van der Waals surface area contributed by atoms with Crippen molar-refractivity contribution in [1.29, 1.82) is 0 Å². The normalized spacial score (nSPS) is 27.2. The molecular weight excluding hydrogens is 331 g/mol. The van der Waals surface area contributed by atoms with E-state index in [-0.39, 0.29) is 23.9 Å². The van der Waals surface area contributed by atoms with Gasteiger partial charge in [0.2, 0.25) is 0 Å². The number of rotatable bonds is 2. The van der Waals surface area contributed by atoms with Crippen LogP contribution in [0.1, 0.15) is 39.8 Å². The number of carbonyl (C=O) groups excluding carboxylic acids is 1. The average molecular weight is 352 g/mol. The SMILES string of the molecule is Cc1ccc2c(c1C)OCC2NC(=O)NC1C2Cc3cc(F)ccc3C21. The molecule has 2 aromatic rings. The smallest absolute Gasteiger partial charge is 0.315 e. The zero-order valence-electron chi connectivity index (χ0n) is 14.8. The second kappa shape index (κ2) is 5.47. The van der Waals surface area contributed by atoms with Crippen molar-refractivity contribution in [2.24, 2.45) is 5.92 Å². The van der Waals surface area contributed by atoms with Crippen molar-refractivity contribution in [3.8, 4) is 5.75 Å². The number of halogens is 1. The Morgan fingerprint density at radius 3 is 2.81 bits per heavy atom. The Hall–Kier alpha value is -2.56. The molecule has 4 nitrogen and oxygen atoms in total. The lowest BCUT2D eigenvalue weighted by molar-refractivity contribution is 0.231. The highest BCUT2D eigenvalue weighted by Gasteiger charge is 2.56. The molecule has 0 aromatic heterocycles. The van der Waals surface area contributed by atoms with Crippen LogP contribution in [0.4, 0.5) is 9.18 Å². The maximum atomic E-state index is 13.3. The molecule has 5 rings (SSSR count). The number of ether oxygens (including phenoxy) is 1. The van der Waals surface area contributed by atoms with E-state index in [0.29, 0.717) is 18.4 Å². The Balaban J connectivity index is 1.24. The monoisotopic (exact) mass is 352 g/mol. The largest absolute Gasteiger partial charge is 0.490 e. The zero-order valence-corrected chi connectivity index (χ0v) is 14.8. The molecule has 1 aliphatic heterocycles. The highest BCUT2D eigenvalue weighted by molar-refractivity contribution is 5.76. The van der Waals surface area contributed by atoms with Crippen molar-refractivity contribution in [3.05, 3.63) is 64.0 Å². The van der Waals surface area contributed by atoms with Crippen LogP contribution in [0.3, 0.4) is 0 Å². The lowest BCUT2D eigenvalue weighted by atomic mass is 10.0. The topological polar surface area (TPSA) is 50.4 Å². The highest BCUT2D eigenvalue weighted by atomic mass is 19.1. The van der Waals surface area contributed by atoms with Gasteiger partial charge in [0, 0.05) is 17.5 Å². The van der Waals surface area contributed by atoms with Crippen LogP contribution >= 0.6 is 0 Å². The van der Waals surface area contributed by atoms with Gasteiger partial charge in [-0.3, -0.25) is 0 Å². The quantitative estimate of drug-likeness (QED) is 0.869. The predicted molar refractivity (Wildman–Crippen MR) is 95.9 cm³/mol. The van der Waals surface area contributed by atoms with Gasteiger partial charge < -0.3 is 15.4 Å². The summed E-state index contributed by atoms with van der Waals surface area (Å²) in [6.07, 6.45) is 0.844. The molecule has 134 valence electrons. The third-order valence-corrected chi connectivity index (χ3v) is 6.17. The summed E-state index contributed by atoms with van der Waals surface area (Å²) in [4.78, 5) is 12.5. The molecular formula is C21H21FN2O2. The number of nitrogens with one attached hydrogen (secondary N) is 2. The third kappa shape index (κ3) is 2.30. The van der Waals surface area contributed by atoms with Crippen LogP contribution in [-0.4, -0.2) is 18.7 Å². The maximum absolute atomic E-state index is 13.3. The highest BCUT2D eigenvalue weighted by Crippen LogP contribution is 2.56. The second-order valence-corrected chi connectivity index (χ2v) is 7.67. The number of fused-ring (bicyclic) bond motifs is 4. The fourth-order valence-electron chi connectivity index (χ4n) is 4.58. The minimum atomic E-state index is -0.183. The van der Waals surface area contributed by atoms with Gasteiger partial charge in [-0.05, 0) is 60.6 Å². The standard InChI is InChI=1S/C21H21FN2O2/c1-10-3-5-15-17(9-26-20(15)11(10)2)23-21(25)24-19-16-8-12-7-13(22)4-6-14(12)18(16)19/h3-7,16-19H,8-9H2,1-2H3,(H2,23,24,25). The molecule has 2 N–H and O–H groups in total. The molecule has 0 spiro atoms. The van der Waals surface area contributed by atoms with E-state index in [4.69, 9.17) is 4.74 Å². The zero-order chi connectivity index (χ0) is 18.0. The van der Waals surface area contributed by atoms with E-state index in [9.17, 15) is 9.18 Å². The molecule has 0 bridgehead atoms. The summed E-state index contributed by atoms with van der Waals surface area (Å²) in [5, 5.41) is 6.14. The minimum absolute atomic E-state index is 0.121.